The molecule has 0 aliphatic carbocycles. The molecule has 1 aliphatic rings. The summed E-state index contributed by atoms with van der Waals surface area (Å²) in [7, 11) is 3.61. The molecule has 0 atom stereocenters. The Morgan fingerprint density at radius 3 is 2.56 bits per heavy atom. The van der Waals surface area contributed by atoms with Gasteiger partial charge in [-0.1, -0.05) is 24.8 Å². The molecule has 4 aromatic rings. The summed E-state index contributed by atoms with van der Waals surface area (Å²) < 4.78 is 14.0. The molecule has 2 N–H and O–H groups in total. The number of aryl methyl sites for hydroxylation is 1. The van der Waals surface area contributed by atoms with Gasteiger partial charge in [-0.3, -0.25) is 14.6 Å². The third kappa shape index (κ3) is 6.98. The Kier molecular flexibility index (Phi) is 8.98. The summed E-state index contributed by atoms with van der Waals surface area (Å²) in [6, 6.07) is 13.6. The SMILES string of the molecule is C=CC(=O)Nc1cc(Nc2nccc(-c3cn(C)c4ccccc34)n2)c(OC)cc1OCCN1CCN(C(C)(C)C)CC1. The molecular formula is C33H41N7O3. The number of piperazine rings is 1. The molecule has 1 amide bonds. The van der Waals surface area contributed by atoms with Crippen LogP contribution in [-0.4, -0.2) is 82.2 Å². The predicted molar refractivity (Wildman–Crippen MR) is 172 cm³/mol. The van der Waals surface area contributed by atoms with Crippen LogP contribution in [0, 0.1) is 0 Å². The van der Waals surface area contributed by atoms with E-state index < -0.39 is 0 Å². The molecule has 2 aromatic carbocycles. The van der Waals surface area contributed by atoms with Crippen molar-refractivity contribution in [3.8, 4) is 22.8 Å². The van der Waals surface area contributed by atoms with Crippen LogP contribution in [0.3, 0.4) is 0 Å². The lowest BCUT2D eigenvalue weighted by Crippen LogP contribution is -2.53. The van der Waals surface area contributed by atoms with Gasteiger partial charge in [-0.15, -0.1) is 0 Å². The number of nitrogens with zero attached hydrogens (tertiary/aromatic N) is 5. The van der Waals surface area contributed by atoms with Crippen LogP contribution >= 0.6 is 0 Å². The normalized spacial score (nSPS) is 14.4. The minimum atomic E-state index is -0.339. The standard InChI is InChI=1S/C33H41N7O3/c1-7-31(41)35-27-20-26(29(42-6)21-30(27)43-19-18-39-14-16-40(17-15-39)33(2,3)4)37-32-34-13-12-25(36-32)24-22-38(5)28-11-9-8-10-23(24)28/h7-13,20-22H,1,14-19H2,2-6H3,(H,35,41)(H,34,36,37). The number of benzene rings is 2. The van der Waals surface area contributed by atoms with Crippen LogP contribution in [0.1, 0.15) is 20.8 Å². The third-order valence-corrected chi connectivity index (χ3v) is 7.81. The van der Waals surface area contributed by atoms with Gasteiger partial charge in [0.1, 0.15) is 18.1 Å². The monoisotopic (exact) mass is 583 g/mol. The molecule has 1 fully saturated rings. The maximum absolute atomic E-state index is 12.3. The number of aromatic nitrogens is 3. The van der Waals surface area contributed by atoms with Crippen molar-refractivity contribution in [3.63, 3.8) is 0 Å². The Labute approximate surface area is 253 Å². The second-order valence-corrected chi connectivity index (χ2v) is 11.7. The van der Waals surface area contributed by atoms with Crippen molar-refractivity contribution in [2.24, 2.45) is 7.05 Å². The first kappa shape index (κ1) is 30.1. The van der Waals surface area contributed by atoms with Crippen LogP contribution in [-0.2, 0) is 11.8 Å². The number of carbonyl (C=O) groups excluding carboxylic acids is 1. The molecule has 1 saturated heterocycles. The molecule has 10 heteroatoms. The smallest absolute Gasteiger partial charge is 0.247 e. The number of hydrogen-bond donors (Lipinski definition) is 2. The van der Waals surface area contributed by atoms with E-state index in [1.54, 1.807) is 25.4 Å². The maximum atomic E-state index is 12.3. The van der Waals surface area contributed by atoms with Crippen LogP contribution in [0.15, 0.2) is 67.5 Å². The highest BCUT2D eigenvalue weighted by Gasteiger charge is 2.25. The number of amides is 1. The molecule has 5 rings (SSSR count). The number of nitrogens with one attached hydrogen (secondary N) is 2. The third-order valence-electron chi connectivity index (χ3n) is 7.81. The van der Waals surface area contributed by atoms with Gasteiger partial charge in [-0.05, 0) is 45.0 Å². The van der Waals surface area contributed by atoms with Crippen LogP contribution in [0.5, 0.6) is 11.5 Å². The Morgan fingerprint density at radius 1 is 1.07 bits per heavy atom. The van der Waals surface area contributed by atoms with Gasteiger partial charge in [-0.25, -0.2) is 9.97 Å². The highest BCUT2D eigenvalue weighted by molar-refractivity contribution is 6.00. The summed E-state index contributed by atoms with van der Waals surface area (Å²) in [5.74, 6) is 1.10. The first-order valence-electron chi connectivity index (χ1n) is 14.6. The summed E-state index contributed by atoms with van der Waals surface area (Å²) in [6.07, 6.45) is 5.02. The Balaban J connectivity index is 1.34. The molecule has 10 nitrogen and oxygen atoms in total. The number of ether oxygens (including phenoxy) is 2. The molecule has 2 aromatic heterocycles. The number of anilines is 3. The van der Waals surface area contributed by atoms with Gasteiger partial charge >= 0.3 is 0 Å². The number of fused-ring (bicyclic) bond motifs is 1. The molecule has 0 spiro atoms. The second-order valence-electron chi connectivity index (χ2n) is 11.7. The molecule has 0 unspecified atom stereocenters. The lowest BCUT2D eigenvalue weighted by atomic mass is 10.1. The molecule has 0 radical (unpaired) electrons. The molecule has 3 heterocycles. The van der Waals surface area contributed by atoms with Gasteiger partial charge in [0.15, 0.2) is 0 Å². The number of methoxy groups -OCH3 is 1. The van der Waals surface area contributed by atoms with Crippen LogP contribution in [0.25, 0.3) is 22.2 Å². The van der Waals surface area contributed by atoms with Crippen molar-refractivity contribution in [2.45, 2.75) is 26.3 Å². The van der Waals surface area contributed by atoms with Crippen molar-refractivity contribution in [3.05, 3.63) is 67.5 Å². The van der Waals surface area contributed by atoms with Crippen molar-refractivity contribution < 1.29 is 14.3 Å². The summed E-state index contributed by atoms with van der Waals surface area (Å²) in [6.45, 7) is 15.7. The van der Waals surface area contributed by atoms with Gasteiger partial charge in [0.25, 0.3) is 0 Å². The fourth-order valence-electron chi connectivity index (χ4n) is 5.39. The lowest BCUT2D eigenvalue weighted by Gasteiger charge is -2.42. The van der Waals surface area contributed by atoms with E-state index in [0.29, 0.717) is 35.4 Å². The molecule has 226 valence electrons. The molecule has 0 bridgehead atoms. The number of carbonyl (C=O) groups is 1. The maximum Gasteiger partial charge on any atom is 0.247 e. The fourth-order valence-corrected chi connectivity index (χ4v) is 5.39. The van der Waals surface area contributed by atoms with Crippen molar-refractivity contribution in [1.29, 1.82) is 0 Å². The van der Waals surface area contributed by atoms with Gasteiger partial charge < -0.3 is 24.7 Å². The Hall–Kier alpha value is -4.41. The van der Waals surface area contributed by atoms with Crippen molar-refractivity contribution >= 4 is 34.1 Å². The molecular weight excluding hydrogens is 542 g/mol. The average Bonchev–Trinajstić information content (AvgIpc) is 3.34. The van der Waals surface area contributed by atoms with E-state index in [1.807, 2.05) is 25.2 Å². The van der Waals surface area contributed by atoms with E-state index in [0.717, 1.165) is 54.9 Å². The fraction of sp³-hybridized carbons (Fsp3) is 0.364. The highest BCUT2D eigenvalue weighted by atomic mass is 16.5. The van der Waals surface area contributed by atoms with Crippen LogP contribution in [0.4, 0.5) is 17.3 Å². The second kappa shape index (κ2) is 12.8. The summed E-state index contributed by atoms with van der Waals surface area (Å²) in [4.78, 5) is 26.5. The van der Waals surface area contributed by atoms with Crippen molar-refractivity contribution in [1.82, 2.24) is 24.3 Å². The quantitative estimate of drug-likeness (QED) is 0.243. The first-order chi connectivity index (χ1) is 20.7. The molecule has 43 heavy (non-hydrogen) atoms. The Morgan fingerprint density at radius 2 is 1.84 bits per heavy atom. The zero-order valence-corrected chi connectivity index (χ0v) is 25.7. The summed E-state index contributed by atoms with van der Waals surface area (Å²) in [5.41, 5.74) is 4.18. The van der Waals surface area contributed by atoms with Gasteiger partial charge in [0.05, 0.1) is 24.2 Å². The molecule has 0 saturated carbocycles. The average molecular weight is 584 g/mol. The Bertz CT molecular complexity index is 1600. The summed E-state index contributed by atoms with van der Waals surface area (Å²) >= 11 is 0. The van der Waals surface area contributed by atoms with Crippen LogP contribution < -0.4 is 20.1 Å². The number of para-hydroxylation sites is 1. The van der Waals surface area contributed by atoms with Gasteiger partial charge in [-0.2, -0.15) is 0 Å². The topological polar surface area (TPSA) is 96.8 Å². The minimum Gasteiger partial charge on any atom is -0.494 e. The number of hydrogen-bond acceptors (Lipinski definition) is 8. The van der Waals surface area contributed by atoms with Crippen molar-refractivity contribution in [2.75, 3.05) is 57.1 Å². The first-order valence-corrected chi connectivity index (χ1v) is 14.6. The summed E-state index contributed by atoms with van der Waals surface area (Å²) in [5, 5.41) is 7.25. The minimum absolute atomic E-state index is 0.176. The van der Waals surface area contributed by atoms with E-state index in [2.05, 4.69) is 75.7 Å². The van der Waals surface area contributed by atoms with E-state index in [1.165, 1.54) is 6.08 Å². The predicted octanol–water partition coefficient (Wildman–Crippen LogP) is 5.31. The van der Waals surface area contributed by atoms with E-state index in [-0.39, 0.29) is 11.4 Å². The van der Waals surface area contributed by atoms with E-state index >= 15 is 0 Å². The lowest BCUT2D eigenvalue weighted by molar-refractivity contribution is -0.111. The van der Waals surface area contributed by atoms with Gasteiger partial charge in [0.2, 0.25) is 11.9 Å². The highest BCUT2D eigenvalue weighted by Crippen LogP contribution is 2.38. The molecule has 1 aliphatic heterocycles. The van der Waals surface area contributed by atoms with Gasteiger partial charge in [0, 0.05) is 80.2 Å². The number of rotatable bonds is 10. The largest absolute Gasteiger partial charge is 0.494 e. The van der Waals surface area contributed by atoms with Crippen LogP contribution in [0.2, 0.25) is 0 Å². The van der Waals surface area contributed by atoms with E-state index in [9.17, 15) is 4.79 Å². The zero-order valence-electron chi connectivity index (χ0n) is 25.7. The zero-order chi connectivity index (χ0) is 30.6. The van der Waals surface area contributed by atoms with E-state index in [4.69, 9.17) is 14.5 Å².